The van der Waals surface area contributed by atoms with Gasteiger partial charge in [0, 0.05) is 0 Å². The smallest absolute Gasteiger partial charge is 0.000977 e. The van der Waals surface area contributed by atoms with Crippen LogP contribution in [0.5, 0.6) is 0 Å². The number of hydrogen-bond acceptors (Lipinski definition) is 2. The molecule has 0 aliphatic heterocycles. The summed E-state index contributed by atoms with van der Waals surface area (Å²) in [6.45, 7) is 5.52. The van der Waals surface area contributed by atoms with Gasteiger partial charge < -0.3 is 10.6 Å². The van der Waals surface area contributed by atoms with Gasteiger partial charge >= 0.3 is 0 Å². The number of unbranched alkanes of at least 4 members (excludes halogenated alkanes) is 12. The highest BCUT2D eigenvalue weighted by Gasteiger charge is 1.97. The molecule has 21 heavy (non-hydrogen) atoms. The van der Waals surface area contributed by atoms with E-state index >= 15 is 0 Å². The van der Waals surface area contributed by atoms with Crippen molar-refractivity contribution in [3.05, 3.63) is 0 Å². The van der Waals surface area contributed by atoms with Crippen LogP contribution < -0.4 is 5.73 Å². The van der Waals surface area contributed by atoms with Crippen LogP contribution in [0.4, 0.5) is 0 Å². The lowest BCUT2D eigenvalue weighted by molar-refractivity contribution is 0.321. The summed E-state index contributed by atoms with van der Waals surface area (Å²) in [5, 5.41) is 0. The standard InChI is InChI=1S/C19H42N2/c1-3-4-5-6-7-8-9-10-11-12-13-14-15-18-21(2)19-16-17-20/h3-20H2,1-2H3. The van der Waals surface area contributed by atoms with Crippen LogP contribution in [0.15, 0.2) is 0 Å². The van der Waals surface area contributed by atoms with Crippen LogP contribution in [0.1, 0.15) is 96.8 Å². The van der Waals surface area contributed by atoms with Crippen LogP contribution in [-0.4, -0.2) is 31.6 Å². The summed E-state index contributed by atoms with van der Waals surface area (Å²) < 4.78 is 0. The van der Waals surface area contributed by atoms with Crippen molar-refractivity contribution in [1.82, 2.24) is 4.90 Å². The first-order chi connectivity index (χ1) is 10.3. The van der Waals surface area contributed by atoms with Crippen molar-refractivity contribution in [2.75, 3.05) is 26.7 Å². The molecule has 0 aliphatic carbocycles. The lowest BCUT2D eigenvalue weighted by Gasteiger charge is -2.15. The maximum atomic E-state index is 5.52. The summed E-state index contributed by atoms with van der Waals surface area (Å²) >= 11 is 0. The van der Waals surface area contributed by atoms with Gasteiger partial charge in [-0.1, -0.05) is 84.0 Å². The predicted octanol–water partition coefficient (Wildman–Crippen LogP) is 5.36. The number of nitrogens with zero attached hydrogens (tertiary/aromatic N) is 1. The molecule has 0 rings (SSSR count). The molecular formula is C19H42N2. The summed E-state index contributed by atoms with van der Waals surface area (Å²) in [6.07, 6.45) is 19.8. The maximum absolute atomic E-state index is 5.52. The molecule has 0 saturated carbocycles. The Bertz CT molecular complexity index is 182. The van der Waals surface area contributed by atoms with Crippen molar-refractivity contribution in [3.8, 4) is 0 Å². The van der Waals surface area contributed by atoms with Gasteiger partial charge in [0.05, 0.1) is 0 Å². The summed E-state index contributed by atoms with van der Waals surface area (Å²) in [6, 6.07) is 0. The van der Waals surface area contributed by atoms with E-state index in [-0.39, 0.29) is 0 Å². The Labute approximate surface area is 134 Å². The van der Waals surface area contributed by atoms with E-state index in [2.05, 4.69) is 18.9 Å². The highest BCUT2D eigenvalue weighted by molar-refractivity contribution is 4.54. The Morgan fingerprint density at radius 2 is 0.952 bits per heavy atom. The zero-order valence-corrected chi connectivity index (χ0v) is 15.0. The van der Waals surface area contributed by atoms with E-state index in [0.29, 0.717) is 0 Å². The molecule has 0 aromatic rings. The van der Waals surface area contributed by atoms with E-state index in [4.69, 9.17) is 5.73 Å². The number of hydrogen-bond donors (Lipinski definition) is 1. The van der Waals surface area contributed by atoms with E-state index in [1.54, 1.807) is 0 Å². The SMILES string of the molecule is CCCCCCCCCCCCCCCN(C)CCCN. The van der Waals surface area contributed by atoms with Crippen LogP contribution in [0.25, 0.3) is 0 Å². The third-order valence-electron chi connectivity index (χ3n) is 4.39. The van der Waals surface area contributed by atoms with Crippen molar-refractivity contribution < 1.29 is 0 Å². The average Bonchev–Trinajstić information content (AvgIpc) is 2.49. The van der Waals surface area contributed by atoms with Crippen LogP contribution in [0.3, 0.4) is 0 Å². The molecule has 0 bridgehead atoms. The monoisotopic (exact) mass is 298 g/mol. The third kappa shape index (κ3) is 17.9. The minimum Gasteiger partial charge on any atom is -0.330 e. The van der Waals surface area contributed by atoms with Crippen LogP contribution >= 0.6 is 0 Å². The fourth-order valence-electron chi connectivity index (χ4n) is 2.87. The summed E-state index contributed by atoms with van der Waals surface area (Å²) in [4.78, 5) is 2.42. The lowest BCUT2D eigenvalue weighted by Crippen LogP contribution is -2.22. The summed E-state index contributed by atoms with van der Waals surface area (Å²) in [5.41, 5.74) is 5.52. The first-order valence-corrected chi connectivity index (χ1v) is 9.70. The molecule has 0 saturated heterocycles. The fourth-order valence-corrected chi connectivity index (χ4v) is 2.87. The van der Waals surface area contributed by atoms with E-state index in [1.807, 2.05) is 0 Å². The molecule has 0 heterocycles. The molecular weight excluding hydrogens is 256 g/mol. The first-order valence-electron chi connectivity index (χ1n) is 9.70. The average molecular weight is 299 g/mol. The Hall–Kier alpha value is -0.0800. The molecule has 0 unspecified atom stereocenters. The second-order valence-electron chi connectivity index (χ2n) is 6.69. The van der Waals surface area contributed by atoms with Crippen molar-refractivity contribution in [1.29, 1.82) is 0 Å². The summed E-state index contributed by atoms with van der Waals surface area (Å²) in [7, 11) is 2.22. The molecule has 0 spiro atoms. The van der Waals surface area contributed by atoms with Gasteiger partial charge in [-0.05, 0) is 39.5 Å². The molecule has 2 heteroatoms. The molecule has 0 aromatic carbocycles. The van der Waals surface area contributed by atoms with E-state index in [0.717, 1.165) is 19.5 Å². The second-order valence-corrected chi connectivity index (χ2v) is 6.69. The minimum absolute atomic E-state index is 0.822. The van der Waals surface area contributed by atoms with Gasteiger partial charge in [-0.15, -0.1) is 0 Å². The van der Waals surface area contributed by atoms with Crippen molar-refractivity contribution in [2.24, 2.45) is 5.73 Å². The van der Waals surface area contributed by atoms with Crippen molar-refractivity contribution in [3.63, 3.8) is 0 Å². The number of nitrogens with two attached hydrogens (primary N) is 1. The highest BCUT2D eigenvalue weighted by Crippen LogP contribution is 2.12. The Morgan fingerprint density at radius 3 is 1.38 bits per heavy atom. The van der Waals surface area contributed by atoms with E-state index < -0.39 is 0 Å². The summed E-state index contributed by atoms with van der Waals surface area (Å²) in [5.74, 6) is 0. The van der Waals surface area contributed by atoms with Gasteiger partial charge in [0.1, 0.15) is 0 Å². The Kier molecular flexibility index (Phi) is 17.9. The Balaban J connectivity index is 3.02. The quantitative estimate of drug-likeness (QED) is 0.366. The Morgan fingerprint density at radius 1 is 0.571 bits per heavy atom. The molecule has 0 atom stereocenters. The molecule has 0 fully saturated rings. The van der Waals surface area contributed by atoms with Crippen LogP contribution in [0, 0.1) is 0 Å². The maximum Gasteiger partial charge on any atom is -0.000977 e. The molecule has 0 radical (unpaired) electrons. The molecule has 0 amide bonds. The second kappa shape index (κ2) is 18.0. The number of rotatable bonds is 17. The van der Waals surface area contributed by atoms with E-state index in [9.17, 15) is 0 Å². The van der Waals surface area contributed by atoms with Gasteiger partial charge in [-0.2, -0.15) is 0 Å². The first kappa shape index (κ1) is 20.9. The van der Waals surface area contributed by atoms with Gasteiger partial charge in [0.25, 0.3) is 0 Å². The van der Waals surface area contributed by atoms with E-state index in [1.165, 1.54) is 90.0 Å². The topological polar surface area (TPSA) is 29.3 Å². The molecule has 2 N–H and O–H groups in total. The minimum atomic E-state index is 0.822. The molecule has 2 nitrogen and oxygen atoms in total. The normalized spacial score (nSPS) is 11.4. The zero-order chi connectivity index (χ0) is 15.6. The molecule has 0 aliphatic rings. The molecule has 0 aromatic heterocycles. The van der Waals surface area contributed by atoms with Gasteiger partial charge in [-0.25, -0.2) is 0 Å². The van der Waals surface area contributed by atoms with Gasteiger partial charge in [-0.3, -0.25) is 0 Å². The van der Waals surface area contributed by atoms with Crippen molar-refractivity contribution in [2.45, 2.75) is 96.8 Å². The predicted molar refractivity (Wildman–Crippen MR) is 96.9 cm³/mol. The fraction of sp³-hybridized carbons (Fsp3) is 1.00. The third-order valence-corrected chi connectivity index (χ3v) is 4.39. The van der Waals surface area contributed by atoms with Crippen LogP contribution in [-0.2, 0) is 0 Å². The van der Waals surface area contributed by atoms with Crippen molar-refractivity contribution >= 4 is 0 Å². The van der Waals surface area contributed by atoms with Crippen LogP contribution in [0.2, 0.25) is 0 Å². The van der Waals surface area contributed by atoms with Gasteiger partial charge in [0.2, 0.25) is 0 Å². The lowest BCUT2D eigenvalue weighted by atomic mass is 10.0. The zero-order valence-electron chi connectivity index (χ0n) is 15.0. The largest absolute Gasteiger partial charge is 0.330 e. The molecule has 128 valence electrons. The highest BCUT2D eigenvalue weighted by atomic mass is 15.1. The van der Waals surface area contributed by atoms with Gasteiger partial charge in [0.15, 0.2) is 0 Å².